The lowest BCUT2D eigenvalue weighted by Gasteiger charge is -0.803. The van der Waals surface area contributed by atoms with Gasteiger partial charge in [0.2, 0.25) is 0 Å². The topological polar surface area (TPSA) is 48.6 Å². The monoisotopic (exact) mass is 78.0 g/mol. The standard InChI is InChI=1S/CH4.OSi.H2O/c;1-2;/h1H4;;1H2. The maximum Gasteiger partial charge on any atom is 0.381 e. The zero-order valence-corrected chi connectivity index (χ0v) is 2.41. The Balaban J connectivity index is -0.00000000500. The molecule has 0 bridgehead atoms. The van der Waals surface area contributed by atoms with Gasteiger partial charge >= 0.3 is 10.1 Å². The first-order valence-electron chi connectivity index (χ1n) is 0.204. The summed E-state index contributed by atoms with van der Waals surface area (Å²) >= 11 is 0. The highest BCUT2D eigenvalue weighted by atomic mass is 28.1. The van der Waals surface area contributed by atoms with Gasteiger partial charge in [0.1, 0.15) is 0 Å². The van der Waals surface area contributed by atoms with Crippen molar-refractivity contribution in [2.75, 3.05) is 0 Å². The van der Waals surface area contributed by atoms with Gasteiger partial charge in [0.25, 0.3) is 0 Å². The molecule has 0 rings (SSSR count). The predicted molar refractivity (Wildman–Crippen MR) is 16.8 cm³/mol. The molecule has 0 spiro atoms. The van der Waals surface area contributed by atoms with E-state index in [-0.39, 0.29) is 12.9 Å². The molecular formula is CH6O2Si. The van der Waals surface area contributed by atoms with Crippen LogP contribution in [-0.2, 0) is 4.46 Å². The third-order valence-corrected chi connectivity index (χ3v) is 0. The van der Waals surface area contributed by atoms with Gasteiger partial charge in [-0.3, -0.25) is 0 Å². The van der Waals surface area contributed by atoms with E-state index >= 15 is 0 Å². The first kappa shape index (κ1) is 36.9. The SMILES string of the molecule is C.O.O=[Si]. The van der Waals surface area contributed by atoms with Gasteiger partial charge in [0.05, 0.1) is 0 Å². The smallest absolute Gasteiger partial charge is 0.381 e. The van der Waals surface area contributed by atoms with Crippen molar-refractivity contribution in [3.63, 3.8) is 0 Å². The second kappa shape index (κ2) is 21800. The lowest BCUT2D eigenvalue weighted by atomic mass is 12.0. The van der Waals surface area contributed by atoms with Gasteiger partial charge in [-0.15, -0.1) is 0 Å². The van der Waals surface area contributed by atoms with E-state index in [0.29, 0.717) is 0 Å². The Morgan fingerprint density at radius 1 is 1.25 bits per heavy atom. The molecule has 4 heavy (non-hydrogen) atoms. The van der Waals surface area contributed by atoms with Crippen LogP contribution in [0.2, 0.25) is 0 Å². The van der Waals surface area contributed by atoms with Gasteiger partial charge in [0, 0.05) is 0 Å². The van der Waals surface area contributed by atoms with E-state index in [0.717, 1.165) is 0 Å². The summed E-state index contributed by atoms with van der Waals surface area (Å²) in [6.07, 6.45) is 0. The van der Waals surface area contributed by atoms with Crippen molar-refractivity contribution in [1.82, 2.24) is 0 Å². The largest absolute Gasteiger partial charge is 0.412 e. The van der Waals surface area contributed by atoms with E-state index in [4.69, 9.17) is 4.46 Å². The molecule has 0 unspecified atom stereocenters. The maximum atomic E-state index is 8.06. The Labute approximate surface area is 28.6 Å². The molecule has 0 aromatic carbocycles. The molecule has 0 aromatic heterocycles. The summed E-state index contributed by atoms with van der Waals surface area (Å²) < 4.78 is 8.06. The molecule has 0 aromatic rings. The molecule has 2 N–H and O–H groups in total. The van der Waals surface area contributed by atoms with Crippen LogP contribution in [0.3, 0.4) is 0 Å². The van der Waals surface area contributed by atoms with E-state index in [1.54, 1.807) is 10.1 Å². The molecular weight excluding hydrogens is 72.1 g/mol. The van der Waals surface area contributed by atoms with Gasteiger partial charge in [-0.1, -0.05) is 7.43 Å². The van der Waals surface area contributed by atoms with Crippen molar-refractivity contribution in [3.05, 3.63) is 0 Å². The van der Waals surface area contributed by atoms with Crippen molar-refractivity contribution in [3.8, 4) is 0 Å². The highest BCUT2D eigenvalue weighted by molar-refractivity contribution is 5.85. The van der Waals surface area contributed by atoms with Crippen LogP contribution >= 0.6 is 0 Å². The first-order chi connectivity index (χ1) is 1.00. The minimum atomic E-state index is 0. The average Bonchev–Trinajstić information content (AvgIpc) is 1.00. The lowest BCUT2D eigenvalue weighted by molar-refractivity contribution is 0.590. The van der Waals surface area contributed by atoms with Crippen molar-refractivity contribution >= 4 is 10.1 Å². The number of hydrogen-bond acceptors (Lipinski definition) is 1. The second-order valence-electron chi connectivity index (χ2n) is 0. The summed E-state index contributed by atoms with van der Waals surface area (Å²) in [5.41, 5.74) is 0. The third kappa shape index (κ3) is 3530. The summed E-state index contributed by atoms with van der Waals surface area (Å²) in [6.45, 7) is 0. The van der Waals surface area contributed by atoms with Crippen LogP contribution in [0.4, 0.5) is 0 Å². The summed E-state index contributed by atoms with van der Waals surface area (Å²) in [7, 11) is 1.72. The maximum absolute atomic E-state index is 8.06. The Hall–Kier alpha value is -0.0231. The van der Waals surface area contributed by atoms with Crippen LogP contribution in [0.15, 0.2) is 0 Å². The van der Waals surface area contributed by atoms with Gasteiger partial charge in [-0.2, -0.15) is 0 Å². The van der Waals surface area contributed by atoms with E-state index in [2.05, 4.69) is 0 Å². The summed E-state index contributed by atoms with van der Waals surface area (Å²) in [5, 5.41) is 0. The quantitative estimate of drug-likeness (QED) is 0.354. The molecule has 0 aliphatic carbocycles. The normalized spacial score (nSPS) is 1.00. The zero-order chi connectivity index (χ0) is 2.00. The summed E-state index contributed by atoms with van der Waals surface area (Å²) in [5.74, 6) is 0. The molecule has 0 heterocycles. The molecule has 2 nitrogen and oxygen atoms in total. The van der Waals surface area contributed by atoms with Gasteiger partial charge < -0.3 is 9.94 Å². The zero-order valence-electron chi connectivity index (χ0n) is 1.41. The van der Waals surface area contributed by atoms with E-state index < -0.39 is 0 Å². The van der Waals surface area contributed by atoms with Crippen LogP contribution in [0, 0.1) is 0 Å². The Morgan fingerprint density at radius 2 is 1.25 bits per heavy atom. The molecule has 0 saturated heterocycles. The van der Waals surface area contributed by atoms with Crippen LogP contribution < -0.4 is 0 Å². The Bertz CT molecular complexity index is 6.00. The van der Waals surface area contributed by atoms with Crippen LogP contribution in [0.25, 0.3) is 0 Å². The van der Waals surface area contributed by atoms with Crippen molar-refractivity contribution < 1.29 is 9.94 Å². The minimum Gasteiger partial charge on any atom is -0.412 e. The van der Waals surface area contributed by atoms with Crippen LogP contribution in [-0.4, -0.2) is 15.6 Å². The van der Waals surface area contributed by atoms with Crippen molar-refractivity contribution in [2.24, 2.45) is 0 Å². The van der Waals surface area contributed by atoms with Crippen LogP contribution in [0.1, 0.15) is 7.43 Å². The van der Waals surface area contributed by atoms with Crippen molar-refractivity contribution in [2.45, 2.75) is 7.43 Å². The summed E-state index contributed by atoms with van der Waals surface area (Å²) in [6, 6.07) is 0. The third-order valence-electron chi connectivity index (χ3n) is 0. The molecule has 0 atom stereocenters. The highest BCUT2D eigenvalue weighted by Crippen LogP contribution is 0.469. The van der Waals surface area contributed by atoms with Crippen LogP contribution in [0.5, 0.6) is 0 Å². The van der Waals surface area contributed by atoms with E-state index in [1.807, 2.05) is 0 Å². The molecule has 0 aliphatic rings. The molecule has 2 radical (unpaired) electrons. The van der Waals surface area contributed by atoms with E-state index in [1.165, 1.54) is 0 Å². The second-order valence-corrected chi connectivity index (χ2v) is 0. The molecule has 0 aliphatic heterocycles. The molecule has 26 valence electrons. The molecule has 0 amide bonds. The predicted octanol–water partition coefficient (Wildman–Crippen LogP) is -0.688. The average molecular weight is 78.1 g/mol. The number of rotatable bonds is 0. The van der Waals surface area contributed by atoms with E-state index in [9.17, 15) is 0 Å². The fourth-order valence-electron chi connectivity index (χ4n) is 0. The Morgan fingerprint density at radius 3 is 1.25 bits per heavy atom. The minimum absolute atomic E-state index is 0. The lowest BCUT2D eigenvalue weighted by Crippen LogP contribution is -0.969. The highest BCUT2D eigenvalue weighted by Gasteiger charge is 0.803. The molecule has 3 heteroatoms. The Kier molecular flexibility index (Phi) is 201000. The van der Waals surface area contributed by atoms with Gasteiger partial charge in [0.15, 0.2) is 0 Å². The van der Waals surface area contributed by atoms with Crippen molar-refractivity contribution in [1.29, 1.82) is 0 Å². The molecule has 0 saturated carbocycles. The fourth-order valence-corrected chi connectivity index (χ4v) is 0. The first-order valence-corrected chi connectivity index (χ1v) is 0.612. The summed E-state index contributed by atoms with van der Waals surface area (Å²) in [4.78, 5) is 0. The fraction of sp³-hybridized carbons (Fsp3) is 1.00. The molecule has 0 fully saturated rings. The number of hydrogen-bond donors (Lipinski definition) is 0. The van der Waals surface area contributed by atoms with Gasteiger partial charge in [-0.05, 0) is 0 Å². The van der Waals surface area contributed by atoms with Gasteiger partial charge in [-0.25, -0.2) is 0 Å².